The van der Waals surface area contributed by atoms with E-state index in [-0.39, 0.29) is 18.4 Å². The van der Waals surface area contributed by atoms with Crippen LogP contribution in [0.1, 0.15) is 30.0 Å². The standard InChI is InChI=1S/C11H14ClN.ClH/c1-7-3-2-4-9(12)10(7)11(13)8-5-6-8;/h2-4,8,11H,5-6,13H2,1H3;1H. The molecule has 0 bridgehead atoms. The summed E-state index contributed by atoms with van der Waals surface area (Å²) in [4.78, 5) is 0. The van der Waals surface area contributed by atoms with Crippen LogP contribution in [-0.2, 0) is 0 Å². The Morgan fingerprint density at radius 2 is 2.07 bits per heavy atom. The monoisotopic (exact) mass is 231 g/mol. The summed E-state index contributed by atoms with van der Waals surface area (Å²) in [7, 11) is 0. The minimum atomic E-state index is 0. The van der Waals surface area contributed by atoms with Gasteiger partial charge in [-0.25, -0.2) is 0 Å². The lowest BCUT2D eigenvalue weighted by Crippen LogP contribution is -2.14. The van der Waals surface area contributed by atoms with E-state index in [4.69, 9.17) is 17.3 Å². The summed E-state index contributed by atoms with van der Waals surface area (Å²) in [5, 5.41) is 0.819. The minimum Gasteiger partial charge on any atom is -0.324 e. The van der Waals surface area contributed by atoms with Gasteiger partial charge in [0, 0.05) is 11.1 Å². The molecule has 14 heavy (non-hydrogen) atoms. The quantitative estimate of drug-likeness (QED) is 0.829. The summed E-state index contributed by atoms with van der Waals surface area (Å²) in [6.07, 6.45) is 2.51. The molecule has 0 amide bonds. The highest BCUT2D eigenvalue weighted by Crippen LogP contribution is 2.42. The van der Waals surface area contributed by atoms with Crippen molar-refractivity contribution in [2.45, 2.75) is 25.8 Å². The van der Waals surface area contributed by atoms with Gasteiger partial charge in [0.05, 0.1) is 0 Å². The summed E-state index contributed by atoms with van der Waals surface area (Å²) in [6.45, 7) is 2.07. The van der Waals surface area contributed by atoms with E-state index in [9.17, 15) is 0 Å². The van der Waals surface area contributed by atoms with Crippen molar-refractivity contribution in [3.8, 4) is 0 Å². The highest BCUT2D eigenvalue weighted by molar-refractivity contribution is 6.31. The number of rotatable bonds is 2. The zero-order valence-corrected chi connectivity index (χ0v) is 9.74. The molecule has 3 heteroatoms. The van der Waals surface area contributed by atoms with Crippen molar-refractivity contribution < 1.29 is 0 Å². The summed E-state index contributed by atoms with van der Waals surface area (Å²) in [5.74, 6) is 0.665. The van der Waals surface area contributed by atoms with Crippen LogP contribution in [0.2, 0.25) is 5.02 Å². The average molecular weight is 232 g/mol. The fourth-order valence-electron chi connectivity index (χ4n) is 1.76. The Labute approximate surface area is 96.0 Å². The first-order valence-corrected chi connectivity index (χ1v) is 5.08. The number of halogens is 2. The lowest BCUT2D eigenvalue weighted by atomic mass is 9.98. The molecule has 0 aliphatic heterocycles. The van der Waals surface area contributed by atoms with Crippen molar-refractivity contribution in [1.82, 2.24) is 0 Å². The number of nitrogens with two attached hydrogens (primary N) is 1. The van der Waals surface area contributed by atoms with Gasteiger partial charge in [0.1, 0.15) is 0 Å². The van der Waals surface area contributed by atoms with Crippen LogP contribution in [0.3, 0.4) is 0 Å². The van der Waals surface area contributed by atoms with Gasteiger partial charge in [-0.2, -0.15) is 0 Å². The second-order valence-corrected chi connectivity index (χ2v) is 4.24. The first-order chi connectivity index (χ1) is 6.20. The van der Waals surface area contributed by atoms with Crippen LogP contribution in [0, 0.1) is 12.8 Å². The third-order valence-corrected chi connectivity index (χ3v) is 3.06. The number of hydrogen-bond donors (Lipinski definition) is 1. The molecule has 0 aromatic heterocycles. The van der Waals surface area contributed by atoms with Crippen LogP contribution in [0.5, 0.6) is 0 Å². The van der Waals surface area contributed by atoms with Crippen molar-refractivity contribution in [2.24, 2.45) is 11.7 Å². The number of aryl methyl sites for hydroxylation is 1. The topological polar surface area (TPSA) is 26.0 Å². The third-order valence-electron chi connectivity index (χ3n) is 2.73. The third kappa shape index (κ3) is 2.22. The van der Waals surface area contributed by atoms with Crippen LogP contribution in [-0.4, -0.2) is 0 Å². The zero-order valence-electron chi connectivity index (χ0n) is 8.16. The van der Waals surface area contributed by atoms with Gasteiger partial charge in [-0.15, -0.1) is 12.4 Å². The molecule has 1 saturated carbocycles. The summed E-state index contributed by atoms with van der Waals surface area (Å²) >= 11 is 6.12. The molecule has 2 N–H and O–H groups in total. The van der Waals surface area contributed by atoms with Crippen molar-refractivity contribution in [2.75, 3.05) is 0 Å². The number of hydrogen-bond acceptors (Lipinski definition) is 1. The Morgan fingerprint density at radius 3 is 2.57 bits per heavy atom. The minimum absolute atomic E-state index is 0. The maximum absolute atomic E-state index is 6.12. The molecule has 1 atom stereocenters. The van der Waals surface area contributed by atoms with E-state index < -0.39 is 0 Å². The smallest absolute Gasteiger partial charge is 0.0456 e. The second-order valence-electron chi connectivity index (χ2n) is 3.83. The van der Waals surface area contributed by atoms with Gasteiger partial charge in [-0.3, -0.25) is 0 Å². The summed E-state index contributed by atoms with van der Waals surface area (Å²) < 4.78 is 0. The molecule has 1 unspecified atom stereocenters. The molecular weight excluding hydrogens is 217 g/mol. The Morgan fingerprint density at radius 1 is 1.43 bits per heavy atom. The lowest BCUT2D eigenvalue weighted by Gasteiger charge is -2.15. The molecule has 1 aliphatic carbocycles. The van der Waals surface area contributed by atoms with E-state index >= 15 is 0 Å². The molecule has 1 fully saturated rings. The summed E-state index contributed by atoms with van der Waals surface area (Å²) in [6, 6.07) is 6.12. The van der Waals surface area contributed by atoms with Crippen LogP contribution < -0.4 is 5.73 Å². The normalized spacial score (nSPS) is 17.4. The fourth-order valence-corrected chi connectivity index (χ4v) is 2.11. The summed E-state index contributed by atoms with van der Waals surface area (Å²) in [5.41, 5.74) is 8.48. The van der Waals surface area contributed by atoms with Crippen LogP contribution in [0.4, 0.5) is 0 Å². The van der Waals surface area contributed by atoms with E-state index in [2.05, 4.69) is 13.0 Å². The van der Waals surface area contributed by atoms with Gasteiger partial charge in [0.2, 0.25) is 0 Å². The highest BCUT2D eigenvalue weighted by Gasteiger charge is 2.31. The Kier molecular flexibility index (Phi) is 3.82. The van der Waals surface area contributed by atoms with E-state index in [1.165, 1.54) is 18.4 Å². The molecular formula is C11H15Cl2N. The molecule has 1 nitrogen and oxygen atoms in total. The molecule has 0 radical (unpaired) electrons. The Hall–Kier alpha value is -0.240. The van der Waals surface area contributed by atoms with Crippen molar-refractivity contribution >= 4 is 24.0 Å². The maximum atomic E-state index is 6.12. The van der Waals surface area contributed by atoms with Crippen LogP contribution >= 0.6 is 24.0 Å². The van der Waals surface area contributed by atoms with Crippen molar-refractivity contribution in [1.29, 1.82) is 0 Å². The van der Waals surface area contributed by atoms with E-state index in [0.717, 1.165) is 10.6 Å². The van der Waals surface area contributed by atoms with Gasteiger partial charge in [0.15, 0.2) is 0 Å². The van der Waals surface area contributed by atoms with Gasteiger partial charge in [0.25, 0.3) is 0 Å². The van der Waals surface area contributed by atoms with E-state index in [0.29, 0.717) is 5.92 Å². The first-order valence-electron chi connectivity index (χ1n) is 4.70. The van der Waals surface area contributed by atoms with Crippen LogP contribution in [0.15, 0.2) is 18.2 Å². The average Bonchev–Trinajstić information content (AvgIpc) is 2.85. The number of benzene rings is 1. The van der Waals surface area contributed by atoms with Gasteiger partial charge in [-0.1, -0.05) is 23.7 Å². The molecule has 1 aliphatic rings. The maximum Gasteiger partial charge on any atom is 0.0456 e. The van der Waals surface area contributed by atoms with Gasteiger partial charge < -0.3 is 5.73 Å². The van der Waals surface area contributed by atoms with E-state index in [1.807, 2.05) is 12.1 Å². The Bertz CT molecular complexity index is 301. The SMILES string of the molecule is Cc1cccc(Cl)c1C(N)C1CC1.Cl. The largest absolute Gasteiger partial charge is 0.324 e. The predicted octanol–water partition coefficient (Wildman–Crippen LogP) is 3.48. The lowest BCUT2D eigenvalue weighted by molar-refractivity contribution is 0.630. The second kappa shape index (κ2) is 4.52. The van der Waals surface area contributed by atoms with Crippen molar-refractivity contribution in [3.63, 3.8) is 0 Å². The molecule has 1 aromatic carbocycles. The Balaban J connectivity index is 0.000000980. The molecule has 1 aromatic rings. The zero-order chi connectivity index (χ0) is 9.42. The fraction of sp³-hybridized carbons (Fsp3) is 0.455. The molecule has 0 saturated heterocycles. The molecule has 0 heterocycles. The van der Waals surface area contributed by atoms with E-state index in [1.54, 1.807) is 0 Å². The molecule has 78 valence electrons. The first kappa shape index (κ1) is 11.8. The molecule has 0 spiro atoms. The van der Waals surface area contributed by atoms with Gasteiger partial charge in [-0.05, 0) is 42.9 Å². The predicted molar refractivity (Wildman–Crippen MR) is 63.1 cm³/mol. The molecule has 2 rings (SSSR count). The van der Waals surface area contributed by atoms with Crippen LogP contribution in [0.25, 0.3) is 0 Å². The van der Waals surface area contributed by atoms with Gasteiger partial charge >= 0.3 is 0 Å². The highest BCUT2D eigenvalue weighted by atomic mass is 35.5. The van der Waals surface area contributed by atoms with Crippen molar-refractivity contribution in [3.05, 3.63) is 34.3 Å².